The number of nitrogens with two attached hydrogens (primary N) is 2. The van der Waals surface area contributed by atoms with Crippen LogP contribution < -0.4 is 17.0 Å². The first-order valence-corrected chi connectivity index (χ1v) is 6.34. The Bertz CT molecular complexity index is 714. The van der Waals surface area contributed by atoms with Crippen LogP contribution in [0.15, 0.2) is 39.1 Å². The summed E-state index contributed by atoms with van der Waals surface area (Å²) >= 11 is 1.16. The van der Waals surface area contributed by atoms with Crippen molar-refractivity contribution in [2.75, 3.05) is 18.6 Å². The van der Waals surface area contributed by atoms with E-state index in [9.17, 15) is 9.59 Å². The number of carbonyl (C=O) groups excluding carboxylic acids is 1. The Morgan fingerprint density at radius 3 is 2.75 bits per heavy atom. The predicted molar refractivity (Wildman–Crippen MR) is 75.6 cm³/mol. The van der Waals surface area contributed by atoms with Crippen molar-refractivity contribution in [2.24, 2.45) is 0 Å². The van der Waals surface area contributed by atoms with E-state index in [-0.39, 0.29) is 16.9 Å². The van der Waals surface area contributed by atoms with E-state index in [2.05, 4.69) is 14.7 Å². The highest BCUT2D eigenvalue weighted by atomic mass is 32.2. The Morgan fingerprint density at radius 2 is 2.10 bits per heavy atom. The summed E-state index contributed by atoms with van der Waals surface area (Å²) in [6.07, 6.45) is 0. The van der Waals surface area contributed by atoms with Crippen molar-refractivity contribution in [3.63, 3.8) is 0 Å². The van der Waals surface area contributed by atoms with Gasteiger partial charge in [-0.05, 0) is 18.2 Å². The van der Waals surface area contributed by atoms with Crippen LogP contribution in [-0.4, -0.2) is 23.0 Å². The molecule has 2 aromatic rings. The molecule has 0 saturated heterocycles. The van der Waals surface area contributed by atoms with Crippen LogP contribution in [0.25, 0.3) is 0 Å². The van der Waals surface area contributed by atoms with Gasteiger partial charge in [0.15, 0.2) is 5.16 Å². The molecule has 0 unspecified atom stereocenters. The van der Waals surface area contributed by atoms with Gasteiger partial charge in [-0.25, -0.2) is 9.78 Å². The van der Waals surface area contributed by atoms with Crippen LogP contribution in [0.4, 0.5) is 11.5 Å². The number of H-pyrrole nitrogens is 1. The molecule has 1 aromatic carbocycles. The van der Waals surface area contributed by atoms with E-state index >= 15 is 0 Å². The molecule has 0 aliphatic heterocycles. The molecule has 0 radical (unpaired) electrons. The molecule has 0 amide bonds. The normalized spacial score (nSPS) is 10.2. The van der Waals surface area contributed by atoms with Gasteiger partial charge in [0.05, 0.1) is 12.7 Å². The highest BCUT2D eigenvalue weighted by Gasteiger charge is 2.12. The lowest BCUT2D eigenvalue weighted by atomic mass is 10.2. The number of rotatable bonds is 3. The molecule has 20 heavy (non-hydrogen) atoms. The fraction of sp³-hybridized carbons (Fsp3) is 0.0833. The van der Waals surface area contributed by atoms with E-state index in [0.717, 1.165) is 11.8 Å². The van der Waals surface area contributed by atoms with Gasteiger partial charge in [0, 0.05) is 16.6 Å². The van der Waals surface area contributed by atoms with Crippen molar-refractivity contribution in [1.82, 2.24) is 9.97 Å². The van der Waals surface area contributed by atoms with Crippen LogP contribution in [0.5, 0.6) is 0 Å². The number of aromatic amines is 1. The standard InChI is InChI=1S/C12H12N4O3S/c1-19-11(18)7-4-6(2-3-8(7)13)20-12-15-9(14)5-10(17)16-12/h2-5H,13H2,1H3,(H3,14,15,16,17). The lowest BCUT2D eigenvalue weighted by Gasteiger charge is -2.06. The predicted octanol–water partition coefficient (Wildman–Crippen LogP) is 0.872. The maximum atomic E-state index is 11.5. The molecule has 0 fully saturated rings. The summed E-state index contributed by atoms with van der Waals surface area (Å²) in [6, 6.07) is 6.04. The number of aromatic nitrogens is 2. The van der Waals surface area contributed by atoms with E-state index in [0.29, 0.717) is 15.7 Å². The second-order valence-corrected chi connectivity index (χ2v) is 4.88. The van der Waals surface area contributed by atoms with Crippen LogP contribution in [0, 0.1) is 0 Å². The first-order valence-electron chi connectivity index (χ1n) is 5.52. The highest BCUT2D eigenvalue weighted by Crippen LogP contribution is 2.27. The molecule has 8 heteroatoms. The molecule has 1 aromatic heterocycles. The van der Waals surface area contributed by atoms with Crippen molar-refractivity contribution in [3.05, 3.63) is 40.2 Å². The molecule has 0 aliphatic carbocycles. The summed E-state index contributed by atoms with van der Waals surface area (Å²) in [7, 11) is 1.28. The fourth-order valence-corrected chi connectivity index (χ4v) is 2.34. The second-order valence-electron chi connectivity index (χ2n) is 3.82. The van der Waals surface area contributed by atoms with Crippen molar-refractivity contribution in [3.8, 4) is 0 Å². The number of esters is 1. The third-order valence-corrected chi connectivity index (χ3v) is 3.26. The van der Waals surface area contributed by atoms with E-state index in [1.807, 2.05) is 0 Å². The number of carbonyl (C=O) groups is 1. The molecule has 104 valence electrons. The maximum absolute atomic E-state index is 11.5. The lowest BCUT2D eigenvalue weighted by Crippen LogP contribution is -2.09. The first kappa shape index (κ1) is 13.9. The van der Waals surface area contributed by atoms with Gasteiger partial charge in [0.1, 0.15) is 5.82 Å². The molecule has 7 nitrogen and oxygen atoms in total. The number of nitrogens with one attached hydrogen (secondary N) is 1. The Balaban J connectivity index is 2.34. The zero-order valence-electron chi connectivity index (χ0n) is 10.5. The van der Waals surface area contributed by atoms with E-state index in [4.69, 9.17) is 11.5 Å². The Morgan fingerprint density at radius 1 is 1.35 bits per heavy atom. The van der Waals surface area contributed by atoms with Gasteiger partial charge >= 0.3 is 5.97 Å². The number of benzene rings is 1. The van der Waals surface area contributed by atoms with Crippen molar-refractivity contribution < 1.29 is 9.53 Å². The van der Waals surface area contributed by atoms with Gasteiger partial charge < -0.3 is 21.2 Å². The number of anilines is 2. The topological polar surface area (TPSA) is 124 Å². The van der Waals surface area contributed by atoms with E-state index in [1.165, 1.54) is 13.2 Å². The van der Waals surface area contributed by atoms with Gasteiger partial charge in [-0.1, -0.05) is 11.8 Å². The molecule has 2 rings (SSSR count). The van der Waals surface area contributed by atoms with Crippen molar-refractivity contribution in [1.29, 1.82) is 0 Å². The molecule has 1 heterocycles. The molecule has 0 saturated carbocycles. The third-order valence-electron chi connectivity index (χ3n) is 2.38. The maximum Gasteiger partial charge on any atom is 0.339 e. The first-order chi connectivity index (χ1) is 9.49. The molecular formula is C12H12N4O3S. The van der Waals surface area contributed by atoms with Gasteiger partial charge in [-0.2, -0.15) is 0 Å². The number of nitrogen functional groups attached to an aromatic ring is 2. The molecule has 0 spiro atoms. The smallest absolute Gasteiger partial charge is 0.339 e. The Hall–Kier alpha value is -2.48. The van der Waals surface area contributed by atoms with Crippen LogP contribution >= 0.6 is 11.8 Å². The summed E-state index contributed by atoms with van der Waals surface area (Å²) in [5.74, 6) is -0.404. The number of hydrogen-bond donors (Lipinski definition) is 3. The van der Waals surface area contributed by atoms with E-state index < -0.39 is 5.97 Å². The van der Waals surface area contributed by atoms with Gasteiger partial charge in [-0.15, -0.1) is 0 Å². The molecule has 0 bridgehead atoms. The molecule has 0 aliphatic rings. The van der Waals surface area contributed by atoms with Crippen LogP contribution in [-0.2, 0) is 4.74 Å². The van der Waals surface area contributed by atoms with Crippen LogP contribution in [0.2, 0.25) is 0 Å². The molecule has 5 N–H and O–H groups in total. The van der Waals surface area contributed by atoms with Gasteiger partial charge in [-0.3, -0.25) is 4.79 Å². The second kappa shape index (κ2) is 5.66. The summed E-state index contributed by atoms with van der Waals surface area (Å²) in [6.45, 7) is 0. The monoisotopic (exact) mass is 292 g/mol. The Kier molecular flexibility index (Phi) is 3.94. The summed E-state index contributed by atoms with van der Waals surface area (Å²) in [5, 5.41) is 0.329. The molecule has 0 atom stereocenters. The number of methoxy groups -OCH3 is 1. The van der Waals surface area contributed by atoms with E-state index in [1.54, 1.807) is 18.2 Å². The van der Waals surface area contributed by atoms with Gasteiger partial charge in [0.2, 0.25) is 0 Å². The number of ether oxygens (including phenoxy) is 1. The average Bonchev–Trinajstić information content (AvgIpc) is 2.39. The SMILES string of the molecule is COC(=O)c1cc(Sc2nc(N)cc(=O)[nH]2)ccc1N. The number of nitrogens with zero attached hydrogens (tertiary/aromatic N) is 1. The third kappa shape index (κ3) is 3.09. The highest BCUT2D eigenvalue weighted by molar-refractivity contribution is 7.99. The van der Waals surface area contributed by atoms with Crippen molar-refractivity contribution >= 4 is 29.2 Å². The minimum atomic E-state index is -0.529. The average molecular weight is 292 g/mol. The lowest BCUT2D eigenvalue weighted by molar-refractivity contribution is 0.0601. The zero-order valence-corrected chi connectivity index (χ0v) is 11.4. The van der Waals surface area contributed by atoms with Gasteiger partial charge in [0.25, 0.3) is 5.56 Å². The Labute approximate surface area is 118 Å². The quantitative estimate of drug-likeness (QED) is 0.435. The summed E-state index contributed by atoms with van der Waals surface area (Å²) in [4.78, 5) is 30.0. The van der Waals surface area contributed by atoms with Crippen LogP contribution in [0.1, 0.15) is 10.4 Å². The fourth-order valence-electron chi connectivity index (χ4n) is 1.50. The minimum absolute atomic E-state index is 0.125. The summed E-state index contributed by atoms with van der Waals surface area (Å²) < 4.78 is 4.64. The van der Waals surface area contributed by atoms with Crippen molar-refractivity contribution in [2.45, 2.75) is 10.1 Å². The largest absolute Gasteiger partial charge is 0.465 e. The summed E-state index contributed by atoms with van der Waals surface area (Å²) in [5.41, 5.74) is 11.4. The minimum Gasteiger partial charge on any atom is -0.465 e. The zero-order chi connectivity index (χ0) is 14.7. The number of hydrogen-bond acceptors (Lipinski definition) is 7. The molecular weight excluding hydrogens is 280 g/mol. The van der Waals surface area contributed by atoms with Crippen LogP contribution in [0.3, 0.4) is 0 Å².